The van der Waals surface area contributed by atoms with Crippen LogP contribution in [0.25, 0.3) is 0 Å². The first kappa shape index (κ1) is 3.50. The predicted molar refractivity (Wildman–Crippen MR) is 25.4 cm³/mol. The summed E-state index contributed by atoms with van der Waals surface area (Å²) in [4.78, 5) is 0. The normalized spacial score (nSPS) is 49.2. The van der Waals surface area contributed by atoms with Crippen molar-refractivity contribution < 1.29 is 0 Å². The Morgan fingerprint density at radius 2 is 2.00 bits per heavy atom. The fourth-order valence-electron chi connectivity index (χ4n) is 0.214. The zero-order valence-electron chi connectivity index (χ0n) is 3.10. The highest BCUT2D eigenvalue weighted by Gasteiger charge is 2.26. The van der Waals surface area contributed by atoms with Gasteiger partial charge in [-0.05, 0) is 6.92 Å². The van der Waals surface area contributed by atoms with Crippen LogP contribution in [-0.4, -0.2) is 11.4 Å². The minimum absolute atomic E-state index is 0.495. The second-order valence-corrected chi connectivity index (χ2v) is 1.96. The van der Waals surface area contributed by atoms with E-state index in [9.17, 15) is 0 Å². The molecule has 0 spiro atoms. The van der Waals surface area contributed by atoms with Gasteiger partial charge in [0.1, 0.15) is 0 Å². The van der Waals surface area contributed by atoms with Crippen molar-refractivity contribution in [3.8, 4) is 0 Å². The Labute approximate surface area is 37.2 Å². The molecule has 1 rings (SSSR count). The van der Waals surface area contributed by atoms with E-state index in [4.69, 9.17) is 0 Å². The highest BCUT2D eigenvalue weighted by atomic mass is 32.1. The Hall–Kier alpha value is 0.310. The van der Waals surface area contributed by atoms with Crippen molar-refractivity contribution in [2.75, 3.05) is 0 Å². The molecule has 1 saturated heterocycles. The van der Waals surface area contributed by atoms with Crippen LogP contribution in [0.2, 0.25) is 0 Å². The maximum atomic E-state index is 4.06. The zero-order valence-corrected chi connectivity index (χ0v) is 4.00. The molecule has 30 valence electrons. The third-order valence-corrected chi connectivity index (χ3v) is 1.39. The first-order valence-electron chi connectivity index (χ1n) is 1.75. The lowest BCUT2D eigenvalue weighted by Crippen LogP contribution is -1.73. The van der Waals surface area contributed by atoms with Gasteiger partial charge in [0, 0.05) is 6.04 Å². The van der Waals surface area contributed by atoms with Crippen molar-refractivity contribution >= 4 is 12.6 Å². The largest absolute Gasteiger partial charge is 0.299 e. The summed E-state index contributed by atoms with van der Waals surface area (Å²) < 4.78 is 0. The summed E-state index contributed by atoms with van der Waals surface area (Å²) in [6, 6.07) is 0.665. The summed E-state index contributed by atoms with van der Waals surface area (Å²) in [6.07, 6.45) is 0. The molecule has 0 radical (unpaired) electrons. The van der Waals surface area contributed by atoms with Crippen LogP contribution in [0.1, 0.15) is 6.92 Å². The van der Waals surface area contributed by atoms with Gasteiger partial charge in [-0.25, -0.2) is 0 Å². The average molecular weight is 89.2 g/mol. The number of hydrogen-bond acceptors (Lipinski definition) is 2. The minimum atomic E-state index is 0.495. The topological polar surface area (TPSA) is 21.9 Å². The molecule has 1 fully saturated rings. The highest BCUT2D eigenvalue weighted by Crippen LogP contribution is 2.11. The molecule has 0 aromatic carbocycles. The molecule has 0 saturated carbocycles. The molecule has 0 aromatic rings. The van der Waals surface area contributed by atoms with Gasteiger partial charge in [-0.15, -0.1) is 0 Å². The summed E-state index contributed by atoms with van der Waals surface area (Å²) >= 11 is 4.06. The molecule has 5 heavy (non-hydrogen) atoms. The molecule has 2 heteroatoms. The fourth-order valence-corrected chi connectivity index (χ4v) is 0.449. The van der Waals surface area contributed by atoms with Crippen LogP contribution in [0.15, 0.2) is 0 Å². The van der Waals surface area contributed by atoms with Gasteiger partial charge in [-0.1, -0.05) is 0 Å². The van der Waals surface area contributed by atoms with Gasteiger partial charge in [0.2, 0.25) is 0 Å². The van der Waals surface area contributed by atoms with E-state index in [0.717, 1.165) is 0 Å². The second kappa shape index (κ2) is 0.884. The summed E-state index contributed by atoms with van der Waals surface area (Å²) in [5, 5.41) is 3.55. The molecular weight excluding hydrogens is 82.1 g/mol. The molecule has 0 bridgehead atoms. The van der Waals surface area contributed by atoms with Crippen LogP contribution >= 0.6 is 12.6 Å². The summed E-state index contributed by atoms with van der Waals surface area (Å²) in [6.45, 7) is 2.11. The minimum Gasteiger partial charge on any atom is -0.299 e. The van der Waals surface area contributed by atoms with Crippen molar-refractivity contribution in [3.05, 3.63) is 0 Å². The quantitative estimate of drug-likeness (QED) is 0.322. The lowest BCUT2D eigenvalue weighted by Gasteiger charge is -1.61. The van der Waals surface area contributed by atoms with Crippen molar-refractivity contribution in [2.45, 2.75) is 18.3 Å². The smallest absolute Gasteiger partial charge is 0.0658 e. The molecule has 1 aliphatic rings. The predicted octanol–water partition coefficient (Wildman–Crippen LogP) is 0.234. The van der Waals surface area contributed by atoms with Crippen LogP contribution in [-0.2, 0) is 0 Å². The highest BCUT2D eigenvalue weighted by molar-refractivity contribution is 7.81. The maximum Gasteiger partial charge on any atom is 0.0658 e. The monoisotopic (exact) mass is 89.0 g/mol. The second-order valence-electron chi connectivity index (χ2n) is 1.40. The van der Waals surface area contributed by atoms with E-state index in [2.05, 4.69) is 24.9 Å². The first-order chi connectivity index (χ1) is 2.30. The van der Waals surface area contributed by atoms with E-state index in [1.807, 2.05) is 0 Å². The van der Waals surface area contributed by atoms with Crippen molar-refractivity contribution in [2.24, 2.45) is 0 Å². The molecule has 1 heterocycles. The average Bonchev–Trinajstić information content (AvgIpc) is 1.79. The van der Waals surface area contributed by atoms with Gasteiger partial charge in [0.25, 0.3) is 0 Å². The first-order valence-corrected chi connectivity index (χ1v) is 2.26. The maximum absolute atomic E-state index is 4.06. The van der Waals surface area contributed by atoms with Gasteiger partial charge < -0.3 is 0 Å². The third kappa shape index (κ3) is 0.578. The third-order valence-electron chi connectivity index (χ3n) is 0.798. The summed E-state index contributed by atoms with van der Waals surface area (Å²) in [5.41, 5.74) is 0. The number of hydrogen-bond donors (Lipinski definition) is 2. The molecule has 2 unspecified atom stereocenters. The lowest BCUT2D eigenvalue weighted by atomic mass is 10.6. The molecule has 0 aromatic heterocycles. The van der Waals surface area contributed by atoms with E-state index in [1.54, 1.807) is 0 Å². The molecule has 1 aliphatic heterocycles. The van der Waals surface area contributed by atoms with Gasteiger partial charge in [0.15, 0.2) is 0 Å². The van der Waals surface area contributed by atoms with Gasteiger partial charge >= 0.3 is 0 Å². The van der Waals surface area contributed by atoms with E-state index < -0.39 is 0 Å². The Bertz CT molecular complexity index is 40.2. The van der Waals surface area contributed by atoms with Crippen LogP contribution in [0.4, 0.5) is 0 Å². The Morgan fingerprint density at radius 1 is 1.80 bits per heavy atom. The Balaban J connectivity index is 2.20. The molecule has 1 nitrogen and oxygen atoms in total. The number of rotatable bonds is 0. The SMILES string of the molecule is CC1NC1S. The fraction of sp³-hybridized carbons (Fsp3) is 1.00. The van der Waals surface area contributed by atoms with Crippen LogP contribution < -0.4 is 5.32 Å². The van der Waals surface area contributed by atoms with Crippen molar-refractivity contribution in [1.82, 2.24) is 5.32 Å². The number of nitrogens with one attached hydrogen (secondary N) is 1. The van der Waals surface area contributed by atoms with E-state index >= 15 is 0 Å². The molecule has 0 aliphatic carbocycles. The summed E-state index contributed by atoms with van der Waals surface area (Å²) in [5.74, 6) is 0. The Morgan fingerprint density at radius 3 is 2.00 bits per heavy atom. The molecule has 0 amide bonds. The van der Waals surface area contributed by atoms with Crippen LogP contribution in [0, 0.1) is 0 Å². The van der Waals surface area contributed by atoms with E-state index in [-0.39, 0.29) is 0 Å². The van der Waals surface area contributed by atoms with Crippen molar-refractivity contribution in [3.63, 3.8) is 0 Å². The Kier molecular flexibility index (Phi) is 0.618. The van der Waals surface area contributed by atoms with E-state index in [0.29, 0.717) is 11.4 Å². The van der Waals surface area contributed by atoms with Gasteiger partial charge in [-0.3, -0.25) is 5.32 Å². The van der Waals surface area contributed by atoms with E-state index in [1.165, 1.54) is 0 Å². The van der Waals surface area contributed by atoms with Crippen molar-refractivity contribution in [1.29, 1.82) is 0 Å². The molecule has 2 atom stereocenters. The molecular formula is C3H7NS. The zero-order chi connectivity index (χ0) is 3.86. The lowest BCUT2D eigenvalue weighted by molar-refractivity contribution is 1.09. The van der Waals surface area contributed by atoms with Crippen LogP contribution in [0.5, 0.6) is 0 Å². The standard InChI is InChI=1S/C3H7NS/c1-2-3(5)4-2/h2-5H,1H3. The summed E-state index contributed by atoms with van der Waals surface area (Å²) in [7, 11) is 0. The molecule has 1 N–H and O–H groups in total. The van der Waals surface area contributed by atoms with Gasteiger partial charge in [-0.2, -0.15) is 12.6 Å². The van der Waals surface area contributed by atoms with Gasteiger partial charge in [0.05, 0.1) is 5.37 Å². The number of thiol groups is 1. The van der Waals surface area contributed by atoms with Crippen LogP contribution in [0.3, 0.4) is 0 Å².